The summed E-state index contributed by atoms with van der Waals surface area (Å²) < 4.78 is 40.3. The monoisotopic (exact) mass is 601 g/mol. The van der Waals surface area contributed by atoms with Crippen LogP contribution in [-0.2, 0) is 9.53 Å². The molecule has 44 heavy (non-hydrogen) atoms. The van der Waals surface area contributed by atoms with Gasteiger partial charge in [-0.3, -0.25) is 14.2 Å². The van der Waals surface area contributed by atoms with Gasteiger partial charge in [-0.1, -0.05) is 30.3 Å². The second-order valence-corrected chi connectivity index (χ2v) is 10.6. The number of carbonyl (C=O) groups is 2. The number of nitrogen functional groups attached to an aromatic ring is 1. The summed E-state index contributed by atoms with van der Waals surface area (Å²) in [5.41, 5.74) is 6.47. The zero-order chi connectivity index (χ0) is 31.1. The molecule has 0 spiro atoms. The van der Waals surface area contributed by atoms with Crippen LogP contribution in [0.4, 0.5) is 14.6 Å². The quantitative estimate of drug-likeness (QED) is 0.125. The Morgan fingerprint density at radius 2 is 1.64 bits per heavy atom. The molecule has 3 N–H and O–H groups in total. The van der Waals surface area contributed by atoms with E-state index in [2.05, 4.69) is 5.32 Å². The van der Waals surface area contributed by atoms with Crippen LogP contribution in [-0.4, -0.2) is 35.6 Å². The number of pyridine rings is 1. The van der Waals surface area contributed by atoms with E-state index in [1.54, 1.807) is 24.3 Å². The maximum atomic E-state index is 14.2. The Bertz CT molecular complexity index is 1670. The van der Waals surface area contributed by atoms with Crippen LogP contribution in [0.3, 0.4) is 0 Å². The first kappa shape index (κ1) is 30.6. The Morgan fingerprint density at radius 1 is 0.932 bits per heavy atom. The van der Waals surface area contributed by atoms with Crippen molar-refractivity contribution in [2.45, 2.75) is 44.2 Å². The van der Waals surface area contributed by atoms with Crippen molar-refractivity contribution in [3.63, 3.8) is 0 Å². The van der Waals surface area contributed by atoms with Crippen molar-refractivity contribution in [3.05, 3.63) is 124 Å². The van der Waals surface area contributed by atoms with Crippen LogP contribution in [0.15, 0.2) is 89.7 Å². The summed E-state index contributed by atoms with van der Waals surface area (Å²) in [6, 6.07) is 20.5. The summed E-state index contributed by atoms with van der Waals surface area (Å²) in [5.74, 6) is -2.52. The lowest BCUT2D eigenvalue weighted by molar-refractivity contribution is -0.151. The fourth-order valence-electron chi connectivity index (χ4n) is 5.25. The lowest BCUT2D eigenvalue weighted by Crippen LogP contribution is -2.33. The number of rotatable bonds is 12. The molecule has 228 valence electrons. The maximum absolute atomic E-state index is 14.2. The van der Waals surface area contributed by atoms with E-state index in [-0.39, 0.29) is 29.0 Å². The zero-order valence-electron chi connectivity index (χ0n) is 24.0. The fourth-order valence-corrected chi connectivity index (χ4v) is 5.25. The Morgan fingerprint density at radius 3 is 2.34 bits per heavy atom. The summed E-state index contributed by atoms with van der Waals surface area (Å²) in [5, 5.41) is 3.30. The van der Waals surface area contributed by atoms with E-state index in [0.29, 0.717) is 37.1 Å². The largest absolute Gasteiger partial charge is 0.494 e. The number of nitrogens with one attached hydrogen (secondary N) is 1. The third kappa shape index (κ3) is 7.20. The van der Waals surface area contributed by atoms with Crippen molar-refractivity contribution in [2.24, 2.45) is 0 Å². The topological polar surface area (TPSA) is 113 Å². The lowest BCUT2D eigenvalue weighted by Gasteiger charge is -2.20. The fraction of sp³-hybridized carbons (Fsp3) is 0.265. The second kappa shape index (κ2) is 14.1. The number of carbonyl (C=O) groups excluding carboxylic acids is 2. The number of nitrogens with zero attached hydrogens (tertiary/aromatic N) is 1. The Kier molecular flexibility index (Phi) is 9.81. The number of aromatic nitrogens is 1. The van der Waals surface area contributed by atoms with Crippen LogP contribution in [0.5, 0.6) is 5.75 Å². The van der Waals surface area contributed by atoms with E-state index < -0.39 is 29.0 Å². The van der Waals surface area contributed by atoms with Gasteiger partial charge < -0.3 is 20.5 Å². The molecule has 0 unspecified atom stereocenters. The van der Waals surface area contributed by atoms with Crippen molar-refractivity contribution in [2.75, 3.05) is 18.9 Å². The highest BCUT2D eigenvalue weighted by Gasteiger charge is 2.26. The number of anilines is 1. The second-order valence-electron chi connectivity index (χ2n) is 10.6. The number of ether oxygens (including phenoxy) is 2. The zero-order valence-corrected chi connectivity index (χ0v) is 24.0. The molecule has 0 amide bonds. The van der Waals surface area contributed by atoms with Crippen molar-refractivity contribution >= 4 is 17.6 Å². The molecule has 1 saturated carbocycles. The molecule has 1 aromatic heterocycles. The summed E-state index contributed by atoms with van der Waals surface area (Å²) in [6.45, 7) is 0.875. The summed E-state index contributed by atoms with van der Waals surface area (Å²) >= 11 is 0. The number of benzene rings is 3. The van der Waals surface area contributed by atoms with E-state index >= 15 is 0 Å². The van der Waals surface area contributed by atoms with Gasteiger partial charge in [0.05, 0.1) is 23.4 Å². The predicted molar refractivity (Wildman–Crippen MR) is 162 cm³/mol. The van der Waals surface area contributed by atoms with E-state index in [1.807, 2.05) is 30.3 Å². The maximum Gasteiger partial charge on any atom is 0.328 e. The lowest BCUT2D eigenvalue weighted by atomic mass is 10.0. The minimum Gasteiger partial charge on any atom is -0.494 e. The van der Waals surface area contributed by atoms with Crippen LogP contribution in [0, 0.1) is 11.6 Å². The molecule has 0 saturated heterocycles. The molecule has 1 fully saturated rings. The number of halogens is 2. The van der Waals surface area contributed by atoms with Gasteiger partial charge in [0.2, 0.25) is 0 Å². The molecule has 0 bridgehead atoms. The van der Waals surface area contributed by atoms with Crippen molar-refractivity contribution in [1.82, 2.24) is 9.88 Å². The highest BCUT2D eigenvalue weighted by atomic mass is 19.1. The number of hydrogen-bond acceptors (Lipinski definition) is 7. The van der Waals surface area contributed by atoms with Gasteiger partial charge >= 0.3 is 5.97 Å². The smallest absolute Gasteiger partial charge is 0.328 e. The molecular weight excluding hydrogens is 568 g/mol. The SMILES string of the molecule is Nc1c(C(=O)c2ccc(F)cc2F)ccc(=O)n1-c1ccc(OCCCN[C@H](C(=O)OC2CCCC2)c2ccccc2)cc1. The molecule has 8 nitrogen and oxygen atoms in total. The van der Waals surface area contributed by atoms with Gasteiger partial charge in [0.1, 0.15) is 35.3 Å². The highest BCUT2D eigenvalue weighted by molar-refractivity contribution is 6.11. The Labute approximate surface area is 253 Å². The van der Waals surface area contributed by atoms with Gasteiger partial charge in [-0.25, -0.2) is 13.6 Å². The Balaban J connectivity index is 1.19. The van der Waals surface area contributed by atoms with Crippen molar-refractivity contribution in [3.8, 4) is 11.4 Å². The van der Waals surface area contributed by atoms with Crippen molar-refractivity contribution < 1.29 is 27.8 Å². The van der Waals surface area contributed by atoms with E-state index in [0.717, 1.165) is 54.0 Å². The summed E-state index contributed by atoms with van der Waals surface area (Å²) in [7, 11) is 0. The number of esters is 1. The number of nitrogens with two attached hydrogens (primary N) is 1. The molecule has 1 aliphatic carbocycles. The molecule has 10 heteroatoms. The van der Waals surface area contributed by atoms with Gasteiger partial charge in [0, 0.05) is 12.1 Å². The molecule has 0 aliphatic heterocycles. The summed E-state index contributed by atoms with van der Waals surface area (Å²) in [4.78, 5) is 38.6. The molecule has 3 aromatic carbocycles. The average Bonchev–Trinajstić information content (AvgIpc) is 3.53. The molecule has 0 radical (unpaired) electrons. The van der Waals surface area contributed by atoms with Gasteiger partial charge in [-0.2, -0.15) is 0 Å². The minimum absolute atomic E-state index is 0.0196. The molecule has 5 rings (SSSR count). The first-order valence-corrected chi connectivity index (χ1v) is 14.5. The molecule has 4 aromatic rings. The average molecular weight is 602 g/mol. The van der Waals surface area contributed by atoms with Crippen molar-refractivity contribution in [1.29, 1.82) is 0 Å². The highest BCUT2D eigenvalue weighted by Crippen LogP contribution is 2.25. The number of ketones is 1. The Hall–Kier alpha value is -4.83. The van der Waals surface area contributed by atoms with Gasteiger partial charge in [0.15, 0.2) is 5.78 Å². The first-order valence-electron chi connectivity index (χ1n) is 14.5. The van der Waals surface area contributed by atoms with E-state index in [9.17, 15) is 23.2 Å². The van der Waals surface area contributed by atoms with Crippen LogP contribution >= 0.6 is 0 Å². The molecule has 1 atom stereocenters. The van der Waals surface area contributed by atoms with Crippen LogP contribution < -0.4 is 21.3 Å². The molecule has 1 heterocycles. The van der Waals surface area contributed by atoms with Gasteiger partial charge in [-0.05, 0) is 86.7 Å². The third-order valence-electron chi connectivity index (χ3n) is 7.54. The third-order valence-corrected chi connectivity index (χ3v) is 7.54. The number of hydrogen-bond donors (Lipinski definition) is 2. The van der Waals surface area contributed by atoms with Crippen LogP contribution in [0.1, 0.15) is 59.6 Å². The van der Waals surface area contributed by atoms with Crippen LogP contribution in [0.2, 0.25) is 0 Å². The minimum atomic E-state index is -1.02. The predicted octanol–water partition coefficient (Wildman–Crippen LogP) is 5.51. The molecular formula is C34H33F2N3O5. The van der Waals surface area contributed by atoms with Gasteiger partial charge in [0.25, 0.3) is 5.56 Å². The van der Waals surface area contributed by atoms with E-state index in [4.69, 9.17) is 15.2 Å². The standard InChI is InChI=1S/C34H33F2N3O5/c35-23-11-16-27(29(36)21-23)32(41)28-17-18-30(40)39(33(28)37)24-12-14-25(15-13-24)43-20-6-19-38-31(22-7-2-1-3-8-22)34(42)44-26-9-4-5-10-26/h1-3,7-8,11-18,21,26,31,38H,4-6,9-10,19-20,37H2/t31-/m0/s1. The summed E-state index contributed by atoms with van der Waals surface area (Å²) in [6.07, 6.45) is 4.55. The first-order chi connectivity index (χ1) is 21.3. The molecule has 1 aliphatic rings. The normalized spacial score (nSPS) is 13.9. The van der Waals surface area contributed by atoms with Gasteiger partial charge in [-0.15, -0.1) is 0 Å². The van der Waals surface area contributed by atoms with Crippen LogP contribution in [0.25, 0.3) is 5.69 Å². The van der Waals surface area contributed by atoms with E-state index in [1.165, 1.54) is 6.07 Å².